The van der Waals surface area contributed by atoms with Crippen molar-refractivity contribution in [3.8, 4) is 11.3 Å². The molecular weight excluding hydrogens is 346 g/mol. The molecule has 1 aromatic heterocycles. The summed E-state index contributed by atoms with van der Waals surface area (Å²) in [7, 11) is 0. The van der Waals surface area contributed by atoms with E-state index in [1.807, 2.05) is 38.1 Å². The second kappa shape index (κ2) is 7.49. The van der Waals surface area contributed by atoms with E-state index in [0.29, 0.717) is 11.3 Å². The Bertz CT molecular complexity index is 961. The van der Waals surface area contributed by atoms with Gasteiger partial charge in [0.2, 0.25) is 5.91 Å². The second-order valence-electron chi connectivity index (χ2n) is 6.01. The van der Waals surface area contributed by atoms with Crippen molar-refractivity contribution in [3.63, 3.8) is 0 Å². The Hall–Kier alpha value is -2.99. The summed E-state index contributed by atoms with van der Waals surface area (Å²) < 4.78 is 0. The third-order valence-electron chi connectivity index (χ3n) is 3.92. The lowest BCUT2D eigenvalue weighted by Crippen LogP contribution is -2.19. The lowest BCUT2D eigenvalue weighted by molar-refractivity contribution is -0.115. The number of nitrogens with two attached hydrogens (primary N) is 1. The first kappa shape index (κ1) is 17.8. The van der Waals surface area contributed by atoms with Gasteiger partial charge in [-0.1, -0.05) is 42.0 Å². The van der Waals surface area contributed by atoms with Gasteiger partial charge in [-0.3, -0.25) is 9.59 Å². The van der Waals surface area contributed by atoms with Gasteiger partial charge in [0.05, 0.1) is 28.4 Å². The average molecular weight is 365 g/mol. The number of anilines is 1. The van der Waals surface area contributed by atoms with Gasteiger partial charge in [-0.25, -0.2) is 4.98 Å². The van der Waals surface area contributed by atoms with Crippen molar-refractivity contribution >= 4 is 28.8 Å². The first-order valence-electron chi connectivity index (χ1n) is 8.16. The van der Waals surface area contributed by atoms with Gasteiger partial charge in [0.25, 0.3) is 5.91 Å². The molecule has 0 unspecified atom stereocenters. The molecule has 0 saturated carbocycles. The number of nitrogens with zero attached hydrogens (tertiary/aromatic N) is 1. The number of para-hydroxylation sites is 1. The Morgan fingerprint density at radius 3 is 2.46 bits per heavy atom. The quantitative estimate of drug-likeness (QED) is 0.723. The van der Waals surface area contributed by atoms with Crippen LogP contribution in [0.4, 0.5) is 5.69 Å². The number of carbonyl (C=O) groups excluding carboxylic acids is 2. The van der Waals surface area contributed by atoms with Gasteiger partial charge in [0.1, 0.15) is 0 Å². The Kier molecular flexibility index (Phi) is 5.14. The molecule has 0 aliphatic heterocycles. The molecule has 0 spiro atoms. The summed E-state index contributed by atoms with van der Waals surface area (Å²) in [6.45, 7) is 3.95. The zero-order chi connectivity index (χ0) is 18.7. The number of aryl methyl sites for hydroxylation is 2. The molecular formula is C20H19N3O2S. The van der Waals surface area contributed by atoms with Crippen LogP contribution in [-0.2, 0) is 11.2 Å². The summed E-state index contributed by atoms with van der Waals surface area (Å²) in [6, 6.07) is 14.8. The molecule has 5 nitrogen and oxygen atoms in total. The lowest BCUT2D eigenvalue weighted by atomic mass is 10.1. The molecule has 0 atom stereocenters. The summed E-state index contributed by atoms with van der Waals surface area (Å²) in [4.78, 5) is 29.5. The van der Waals surface area contributed by atoms with Gasteiger partial charge < -0.3 is 11.1 Å². The van der Waals surface area contributed by atoms with Gasteiger partial charge in [-0.05, 0) is 26.0 Å². The fourth-order valence-corrected chi connectivity index (χ4v) is 3.63. The molecule has 3 N–H and O–H groups in total. The van der Waals surface area contributed by atoms with E-state index >= 15 is 0 Å². The fraction of sp³-hybridized carbons (Fsp3) is 0.150. The summed E-state index contributed by atoms with van der Waals surface area (Å²) in [5, 5.41) is 3.68. The SMILES string of the molecule is Cc1ccc(-c2nc(C)sc2CC(=O)Nc2ccccc2C(N)=O)cc1. The zero-order valence-corrected chi connectivity index (χ0v) is 15.4. The number of aromatic nitrogens is 1. The van der Waals surface area contributed by atoms with Crippen LogP contribution in [0.5, 0.6) is 0 Å². The first-order valence-corrected chi connectivity index (χ1v) is 8.97. The van der Waals surface area contributed by atoms with Crippen LogP contribution in [0, 0.1) is 13.8 Å². The summed E-state index contributed by atoms with van der Waals surface area (Å²) in [6.07, 6.45) is 0.182. The first-order chi connectivity index (χ1) is 12.4. The number of benzene rings is 2. The molecule has 0 bridgehead atoms. The number of amides is 2. The van der Waals surface area contributed by atoms with E-state index in [0.717, 1.165) is 21.1 Å². The van der Waals surface area contributed by atoms with Crippen LogP contribution >= 0.6 is 11.3 Å². The summed E-state index contributed by atoms with van der Waals surface area (Å²) in [5.41, 5.74) is 9.05. The third kappa shape index (κ3) is 3.97. The number of carbonyl (C=O) groups is 2. The van der Waals surface area contributed by atoms with Gasteiger partial charge in [0.15, 0.2) is 0 Å². The smallest absolute Gasteiger partial charge is 0.250 e. The highest BCUT2D eigenvalue weighted by Crippen LogP contribution is 2.29. The molecule has 0 aliphatic rings. The number of thiazole rings is 1. The van der Waals surface area contributed by atoms with Crippen molar-refractivity contribution in [2.45, 2.75) is 20.3 Å². The molecule has 3 aromatic rings. The Morgan fingerprint density at radius 1 is 1.08 bits per heavy atom. The largest absolute Gasteiger partial charge is 0.366 e. The van der Waals surface area contributed by atoms with E-state index < -0.39 is 5.91 Å². The molecule has 132 valence electrons. The summed E-state index contributed by atoms with van der Waals surface area (Å²) in [5.74, 6) is -0.786. The van der Waals surface area contributed by atoms with Crippen molar-refractivity contribution in [3.05, 3.63) is 69.5 Å². The van der Waals surface area contributed by atoms with Gasteiger partial charge in [0, 0.05) is 10.4 Å². The highest BCUT2D eigenvalue weighted by molar-refractivity contribution is 7.12. The van der Waals surface area contributed by atoms with Crippen LogP contribution in [0.1, 0.15) is 25.8 Å². The maximum Gasteiger partial charge on any atom is 0.250 e. The van der Waals surface area contributed by atoms with Gasteiger partial charge in [-0.15, -0.1) is 11.3 Å². The van der Waals surface area contributed by atoms with Crippen LogP contribution in [-0.4, -0.2) is 16.8 Å². The van der Waals surface area contributed by atoms with Crippen LogP contribution in [0.3, 0.4) is 0 Å². The van der Waals surface area contributed by atoms with Crippen LogP contribution < -0.4 is 11.1 Å². The highest BCUT2D eigenvalue weighted by Gasteiger charge is 2.16. The summed E-state index contributed by atoms with van der Waals surface area (Å²) >= 11 is 1.50. The molecule has 2 aromatic carbocycles. The number of primary amides is 1. The molecule has 0 fully saturated rings. The second-order valence-corrected chi connectivity index (χ2v) is 7.29. The molecule has 0 radical (unpaired) electrons. The van der Waals surface area contributed by atoms with Crippen LogP contribution in [0.2, 0.25) is 0 Å². The van der Waals surface area contributed by atoms with Crippen LogP contribution in [0.25, 0.3) is 11.3 Å². The molecule has 0 saturated heterocycles. The molecule has 3 rings (SSSR count). The van der Waals surface area contributed by atoms with E-state index in [9.17, 15) is 9.59 Å². The van der Waals surface area contributed by atoms with E-state index in [2.05, 4.69) is 10.3 Å². The van der Waals surface area contributed by atoms with Crippen molar-refractivity contribution in [1.82, 2.24) is 4.98 Å². The maximum absolute atomic E-state index is 12.5. The van der Waals surface area contributed by atoms with Gasteiger partial charge in [-0.2, -0.15) is 0 Å². The fourth-order valence-electron chi connectivity index (χ4n) is 2.67. The monoisotopic (exact) mass is 365 g/mol. The van der Waals surface area contributed by atoms with E-state index in [1.54, 1.807) is 24.3 Å². The van der Waals surface area contributed by atoms with Gasteiger partial charge >= 0.3 is 0 Å². The van der Waals surface area contributed by atoms with Crippen molar-refractivity contribution in [2.75, 3.05) is 5.32 Å². The number of nitrogens with one attached hydrogen (secondary N) is 1. The topological polar surface area (TPSA) is 85.1 Å². The number of hydrogen-bond donors (Lipinski definition) is 2. The van der Waals surface area contributed by atoms with Crippen molar-refractivity contribution in [1.29, 1.82) is 0 Å². The van der Waals surface area contributed by atoms with E-state index in [1.165, 1.54) is 16.9 Å². The molecule has 1 heterocycles. The lowest BCUT2D eigenvalue weighted by Gasteiger charge is -2.09. The predicted molar refractivity (Wildman–Crippen MR) is 104 cm³/mol. The van der Waals surface area contributed by atoms with Crippen molar-refractivity contribution in [2.24, 2.45) is 5.73 Å². The minimum atomic E-state index is -0.574. The maximum atomic E-state index is 12.5. The van der Waals surface area contributed by atoms with E-state index in [-0.39, 0.29) is 12.3 Å². The third-order valence-corrected chi connectivity index (χ3v) is 4.89. The minimum Gasteiger partial charge on any atom is -0.366 e. The zero-order valence-electron chi connectivity index (χ0n) is 14.6. The Balaban J connectivity index is 1.83. The number of rotatable bonds is 5. The highest BCUT2D eigenvalue weighted by atomic mass is 32.1. The van der Waals surface area contributed by atoms with Crippen molar-refractivity contribution < 1.29 is 9.59 Å². The van der Waals surface area contributed by atoms with Crippen LogP contribution in [0.15, 0.2) is 48.5 Å². The molecule has 6 heteroatoms. The van der Waals surface area contributed by atoms with E-state index in [4.69, 9.17) is 5.73 Å². The Labute approximate surface area is 155 Å². The average Bonchev–Trinajstić information content (AvgIpc) is 2.96. The minimum absolute atomic E-state index is 0.182. The molecule has 2 amide bonds. The Morgan fingerprint density at radius 2 is 1.77 bits per heavy atom. The predicted octanol–water partition coefficient (Wildman–Crippen LogP) is 3.71. The molecule has 26 heavy (non-hydrogen) atoms. The molecule has 0 aliphatic carbocycles. The number of hydrogen-bond acceptors (Lipinski definition) is 4. The standard InChI is InChI=1S/C20H19N3O2S/c1-12-7-9-14(10-8-12)19-17(26-13(2)22-19)11-18(24)23-16-6-4-3-5-15(16)20(21)25/h3-10H,11H2,1-2H3,(H2,21,25)(H,23,24). The normalized spacial score (nSPS) is 10.5.